The predicted molar refractivity (Wildman–Crippen MR) is 114 cm³/mol. The quantitative estimate of drug-likeness (QED) is 0.484. The van der Waals surface area contributed by atoms with Gasteiger partial charge in [0.05, 0.1) is 5.69 Å². The summed E-state index contributed by atoms with van der Waals surface area (Å²) in [6, 6.07) is 16.7. The third kappa shape index (κ3) is 3.77. The molecule has 0 radical (unpaired) electrons. The zero-order valence-corrected chi connectivity index (χ0v) is 16.8. The highest BCUT2D eigenvalue weighted by atomic mass is 35.5. The Morgan fingerprint density at radius 1 is 1.03 bits per heavy atom. The van der Waals surface area contributed by atoms with Gasteiger partial charge in [-0.1, -0.05) is 42.8 Å². The van der Waals surface area contributed by atoms with Crippen molar-refractivity contribution < 1.29 is 18.8 Å². The van der Waals surface area contributed by atoms with Crippen LogP contribution in [0.25, 0.3) is 17.4 Å². The van der Waals surface area contributed by atoms with Gasteiger partial charge in [0.25, 0.3) is 11.8 Å². The van der Waals surface area contributed by atoms with Crippen LogP contribution in [-0.2, 0) is 16.0 Å². The minimum atomic E-state index is -0.787. The van der Waals surface area contributed by atoms with Crippen LogP contribution in [-0.4, -0.2) is 17.8 Å². The van der Waals surface area contributed by atoms with Gasteiger partial charge >= 0.3 is 6.03 Å². The SMILES string of the molecule is CCc1ccc(N2C(=O)NC(=O)C(=Cc3ccc(-c4cccc(Cl)c4)o3)C2=O)cc1. The Morgan fingerprint density at radius 2 is 1.80 bits per heavy atom. The average Bonchev–Trinajstić information content (AvgIpc) is 3.20. The maximum atomic E-state index is 12.9. The van der Waals surface area contributed by atoms with Crippen molar-refractivity contribution >= 4 is 41.2 Å². The van der Waals surface area contributed by atoms with E-state index in [2.05, 4.69) is 5.32 Å². The van der Waals surface area contributed by atoms with E-state index in [1.165, 1.54) is 6.08 Å². The number of benzene rings is 2. The number of nitrogens with one attached hydrogen (secondary N) is 1. The Labute approximate surface area is 177 Å². The molecule has 30 heavy (non-hydrogen) atoms. The number of carbonyl (C=O) groups excluding carboxylic acids is 3. The van der Waals surface area contributed by atoms with Crippen LogP contribution in [0.15, 0.2) is 70.7 Å². The summed E-state index contributed by atoms with van der Waals surface area (Å²) in [5.74, 6) is -0.643. The van der Waals surface area contributed by atoms with Crippen molar-refractivity contribution in [2.45, 2.75) is 13.3 Å². The highest BCUT2D eigenvalue weighted by molar-refractivity contribution is 6.39. The van der Waals surface area contributed by atoms with E-state index in [1.54, 1.807) is 42.5 Å². The molecule has 0 unspecified atom stereocenters. The topological polar surface area (TPSA) is 79.6 Å². The summed E-state index contributed by atoms with van der Waals surface area (Å²) in [5.41, 5.74) is 2.02. The zero-order chi connectivity index (χ0) is 21.3. The van der Waals surface area contributed by atoms with Gasteiger partial charge in [-0.05, 0) is 54.5 Å². The third-order valence-corrected chi connectivity index (χ3v) is 4.96. The Balaban J connectivity index is 1.66. The number of rotatable bonds is 4. The number of urea groups is 1. The molecule has 2 aromatic carbocycles. The van der Waals surface area contributed by atoms with Gasteiger partial charge in [0.15, 0.2) is 0 Å². The normalized spacial score (nSPS) is 15.6. The van der Waals surface area contributed by atoms with E-state index in [-0.39, 0.29) is 5.57 Å². The van der Waals surface area contributed by atoms with Crippen molar-refractivity contribution in [3.63, 3.8) is 0 Å². The largest absolute Gasteiger partial charge is 0.457 e. The molecule has 7 heteroatoms. The molecule has 1 aromatic heterocycles. The van der Waals surface area contributed by atoms with Crippen LogP contribution in [0, 0.1) is 0 Å². The number of hydrogen-bond acceptors (Lipinski definition) is 4. The number of nitrogens with zero attached hydrogens (tertiary/aromatic N) is 1. The van der Waals surface area contributed by atoms with E-state index in [0.717, 1.165) is 22.4 Å². The van der Waals surface area contributed by atoms with Crippen LogP contribution >= 0.6 is 11.6 Å². The summed E-state index contributed by atoms with van der Waals surface area (Å²) in [6.07, 6.45) is 2.16. The Morgan fingerprint density at radius 3 is 2.50 bits per heavy atom. The van der Waals surface area contributed by atoms with Crippen molar-refractivity contribution in [2.24, 2.45) is 0 Å². The molecule has 4 amide bonds. The van der Waals surface area contributed by atoms with Crippen LogP contribution in [0.1, 0.15) is 18.2 Å². The van der Waals surface area contributed by atoms with Crippen LogP contribution < -0.4 is 10.2 Å². The van der Waals surface area contributed by atoms with Gasteiger partial charge < -0.3 is 4.42 Å². The van der Waals surface area contributed by atoms with Gasteiger partial charge in [-0.3, -0.25) is 14.9 Å². The van der Waals surface area contributed by atoms with E-state index >= 15 is 0 Å². The molecule has 0 saturated carbocycles. The van der Waals surface area contributed by atoms with Crippen molar-refractivity contribution in [1.82, 2.24) is 5.32 Å². The highest BCUT2D eigenvalue weighted by Crippen LogP contribution is 2.27. The lowest BCUT2D eigenvalue weighted by Crippen LogP contribution is -2.54. The van der Waals surface area contributed by atoms with Gasteiger partial charge in [0.1, 0.15) is 17.1 Å². The van der Waals surface area contributed by atoms with E-state index in [0.29, 0.717) is 22.2 Å². The second kappa shape index (κ2) is 8.00. The molecule has 6 nitrogen and oxygen atoms in total. The first-order chi connectivity index (χ1) is 14.5. The second-order valence-corrected chi connectivity index (χ2v) is 7.13. The summed E-state index contributed by atoms with van der Waals surface area (Å²) >= 11 is 6.01. The minimum absolute atomic E-state index is 0.193. The van der Waals surface area contributed by atoms with E-state index in [4.69, 9.17) is 16.0 Å². The molecule has 1 fully saturated rings. The highest BCUT2D eigenvalue weighted by Gasteiger charge is 2.37. The fraction of sp³-hybridized carbons (Fsp3) is 0.0870. The van der Waals surface area contributed by atoms with Gasteiger partial charge in [0, 0.05) is 10.6 Å². The van der Waals surface area contributed by atoms with Crippen molar-refractivity contribution in [3.8, 4) is 11.3 Å². The zero-order valence-electron chi connectivity index (χ0n) is 16.0. The smallest absolute Gasteiger partial charge is 0.335 e. The number of halogens is 1. The molecule has 1 aliphatic rings. The molecule has 0 spiro atoms. The van der Waals surface area contributed by atoms with Crippen molar-refractivity contribution in [3.05, 3.63) is 82.6 Å². The van der Waals surface area contributed by atoms with Crippen LogP contribution in [0.4, 0.5) is 10.5 Å². The van der Waals surface area contributed by atoms with E-state index < -0.39 is 17.8 Å². The van der Waals surface area contributed by atoms with Gasteiger partial charge in [-0.2, -0.15) is 0 Å². The Hall–Kier alpha value is -3.64. The number of furan rings is 1. The second-order valence-electron chi connectivity index (χ2n) is 6.69. The maximum absolute atomic E-state index is 12.9. The number of barbiturate groups is 1. The third-order valence-electron chi connectivity index (χ3n) is 4.73. The molecule has 0 atom stereocenters. The summed E-state index contributed by atoms with van der Waals surface area (Å²) in [6.45, 7) is 2.01. The summed E-state index contributed by atoms with van der Waals surface area (Å²) in [4.78, 5) is 38.5. The Kier molecular flexibility index (Phi) is 5.25. The first-order valence-corrected chi connectivity index (χ1v) is 9.70. The molecule has 4 rings (SSSR count). The molecule has 1 saturated heterocycles. The van der Waals surface area contributed by atoms with Crippen LogP contribution in [0.3, 0.4) is 0 Å². The summed E-state index contributed by atoms with van der Waals surface area (Å²) in [7, 11) is 0. The van der Waals surface area contributed by atoms with E-state index in [1.807, 2.05) is 25.1 Å². The fourth-order valence-electron chi connectivity index (χ4n) is 3.14. The van der Waals surface area contributed by atoms with Gasteiger partial charge in [-0.25, -0.2) is 9.69 Å². The number of hydrogen-bond donors (Lipinski definition) is 1. The lowest BCUT2D eigenvalue weighted by Gasteiger charge is -2.26. The first kappa shape index (κ1) is 19.7. The minimum Gasteiger partial charge on any atom is -0.457 e. The van der Waals surface area contributed by atoms with Gasteiger partial charge in [0.2, 0.25) is 0 Å². The molecule has 2 heterocycles. The summed E-state index contributed by atoms with van der Waals surface area (Å²) < 4.78 is 5.75. The van der Waals surface area contributed by atoms with E-state index in [9.17, 15) is 14.4 Å². The predicted octanol–water partition coefficient (Wildman–Crippen LogP) is 4.83. The number of anilines is 1. The van der Waals surface area contributed by atoms with Gasteiger partial charge in [-0.15, -0.1) is 0 Å². The Bertz CT molecular complexity index is 1180. The monoisotopic (exact) mass is 420 g/mol. The lowest BCUT2D eigenvalue weighted by molar-refractivity contribution is -0.122. The van der Waals surface area contributed by atoms with Crippen molar-refractivity contribution in [1.29, 1.82) is 0 Å². The average molecular weight is 421 g/mol. The number of imide groups is 2. The molecule has 0 aliphatic carbocycles. The lowest BCUT2D eigenvalue weighted by atomic mass is 10.1. The molecule has 150 valence electrons. The molecule has 3 aromatic rings. The molecule has 1 aliphatic heterocycles. The number of aryl methyl sites for hydroxylation is 1. The first-order valence-electron chi connectivity index (χ1n) is 9.32. The molecular formula is C23H17ClN2O4. The molecular weight excluding hydrogens is 404 g/mol. The molecule has 1 N–H and O–H groups in total. The fourth-order valence-corrected chi connectivity index (χ4v) is 3.33. The van der Waals surface area contributed by atoms with Crippen LogP contribution in [0.5, 0.6) is 0 Å². The maximum Gasteiger partial charge on any atom is 0.335 e. The van der Waals surface area contributed by atoms with Crippen LogP contribution in [0.2, 0.25) is 5.02 Å². The molecule has 0 bridgehead atoms. The standard InChI is InChI=1S/C23H17ClN2O4/c1-2-14-6-8-17(9-7-14)26-22(28)19(21(27)25-23(26)29)13-18-10-11-20(30-18)15-4-3-5-16(24)12-15/h3-13H,2H2,1H3,(H,25,27,29). The number of amides is 4. The number of carbonyl (C=O) groups is 3. The summed E-state index contributed by atoms with van der Waals surface area (Å²) in [5, 5.41) is 2.77. The van der Waals surface area contributed by atoms with Crippen molar-refractivity contribution in [2.75, 3.05) is 4.90 Å².